The van der Waals surface area contributed by atoms with E-state index in [1.807, 2.05) is 0 Å². The molecule has 0 aromatic heterocycles. The summed E-state index contributed by atoms with van der Waals surface area (Å²) in [6, 6.07) is 0.176. The molecule has 0 radical (unpaired) electrons. The first-order chi connectivity index (χ1) is 10.3. The molecule has 3 atom stereocenters. The molecule has 3 nitrogen and oxygen atoms in total. The van der Waals surface area contributed by atoms with Crippen molar-refractivity contribution in [2.45, 2.75) is 109 Å². The largest absolute Gasteiger partial charge is 0.390 e. The number of aliphatic hydroxyl groups is 1. The van der Waals surface area contributed by atoms with E-state index in [1.54, 1.807) is 0 Å². The van der Waals surface area contributed by atoms with Gasteiger partial charge >= 0.3 is 0 Å². The van der Waals surface area contributed by atoms with E-state index in [1.165, 1.54) is 77.0 Å². The van der Waals surface area contributed by atoms with Crippen LogP contribution in [0.3, 0.4) is 0 Å². The van der Waals surface area contributed by atoms with Crippen LogP contribution in [0.15, 0.2) is 0 Å². The molecule has 0 unspecified atom stereocenters. The molecule has 1 aliphatic rings. The number of nitrogens with two attached hydrogens (primary N) is 1. The van der Waals surface area contributed by atoms with Crippen LogP contribution in [0.4, 0.5) is 0 Å². The van der Waals surface area contributed by atoms with Crippen molar-refractivity contribution in [2.24, 2.45) is 5.73 Å². The summed E-state index contributed by atoms with van der Waals surface area (Å²) in [6.45, 7) is 3.04. The summed E-state index contributed by atoms with van der Waals surface area (Å²) in [5.74, 6) is 0. The fourth-order valence-electron chi connectivity index (χ4n) is 3.31. The van der Waals surface area contributed by atoms with Gasteiger partial charge in [0.2, 0.25) is 0 Å². The molecule has 1 saturated heterocycles. The summed E-state index contributed by atoms with van der Waals surface area (Å²) >= 11 is 0. The molecule has 23 heavy (non-hydrogen) atoms. The predicted octanol–water partition coefficient (Wildman–Crippen LogP) is 4.58. The maximum Gasteiger partial charge on any atom is 0.0856 e. The van der Waals surface area contributed by atoms with Crippen LogP contribution < -0.4 is 11.1 Å². The average molecular weight is 371 g/mol. The summed E-state index contributed by atoms with van der Waals surface area (Å²) in [6.07, 6.45) is 17.3. The van der Waals surface area contributed by atoms with Gasteiger partial charge in [0, 0.05) is 18.6 Å². The summed E-state index contributed by atoms with van der Waals surface area (Å²) in [5.41, 5.74) is 5.79. The Morgan fingerprint density at radius 3 is 1.65 bits per heavy atom. The molecule has 1 fully saturated rings. The highest BCUT2D eigenvalue weighted by atomic mass is 35.5. The summed E-state index contributed by atoms with van der Waals surface area (Å²) < 4.78 is 0. The van der Waals surface area contributed by atoms with Gasteiger partial charge in [-0.3, -0.25) is 0 Å². The second-order valence-electron chi connectivity index (χ2n) is 6.85. The number of hydrogen-bond acceptors (Lipinski definition) is 3. The monoisotopic (exact) mass is 370 g/mol. The highest BCUT2D eigenvalue weighted by molar-refractivity contribution is 5.85. The molecule has 4 N–H and O–H groups in total. The average Bonchev–Trinajstić information content (AvgIpc) is 2.80. The van der Waals surface area contributed by atoms with Gasteiger partial charge in [0.15, 0.2) is 0 Å². The third-order valence-corrected chi connectivity index (χ3v) is 4.84. The van der Waals surface area contributed by atoms with E-state index in [0.717, 1.165) is 13.0 Å². The van der Waals surface area contributed by atoms with Crippen LogP contribution in [0, 0.1) is 0 Å². The molecular formula is C18H40Cl2N2O. The maximum atomic E-state index is 9.85. The third kappa shape index (κ3) is 12.5. The van der Waals surface area contributed by atoms with Crippen molar-refractivity contribution in [2.75, 3.05) is 6.54 Å². The number of halogens is 2. The molecule has 0 aromatic carbocycles. The second kappa shape index (κ2) is 17.3. The van der Waals surface area contributed by atoms with E-state index in [0.29, 0.717) is 0 Å². The Labute approximate surface area is 156 Å². The Hall–Kier alpha value is 0.460. The molecular weight excluding hydrogens is 331 g/mol. The lowest BCUT2D eigenvalue weighted by Gasteiger charge is -2.16. The molecule has 1 aliphatic heterocycles. The van der Waals surface area contributed by atoms with Crippen molar-refractivity contribution in [1.29, 1.82) is 0 Å². The van der Waals surface area contributed by atoms with Gasteiger partial charge in [-0.25, -0.2) is 0 Å². The van der Waals surface area contributed by atoms with Gasteiger partial charge in [0.1, 0.15) is 0 Å². The minimum atomic E-state index is -0.335. The van der Waals surface area contributed by atoms with E-state index in [2.05, 4.69) is 12.2 Å². The smallest absolute Gasteiger partial charge is 0.0856 e. The second-order valence-corrected chi connectivity index (χ2v) is 6.85. The first kappa shape index (κ1) is 25.7. The van der Waals surface area contributed by atoms with Gasteiger partial charge in [-0.2, -0.15) is 0 Å². The van der Waals surface area contributed by atoms with E-state index >= 15 is 0 Å². The molecule has 0 amide bonds. The Morgan fingerprint density at radius 2 is 1.26 bits per heavy atom. The van der Waals surface area contributed by atoms with Crippen LogP contribution in [0.5, 0.6) is 0 Å². The van der Waals surface area contributed by atoms with E-state index < -0.39 is 0 Å². The van der Waals surface area contributed by atoms with Gasteiger partial charge in [-0.15, -0.1) is 24.8 Å². The topological polar surface area (TPSA) is 58.3 Å². The van der Waals surface area contributed by atoms with Crippen LogP contribution in [-0.4, -0.2) is 29.8 Å². The zero-order valence-electron chi connectivity index (χ0n) is 15.0. The number of rotatable bonds is 13. The Kier molecular flexibility index (Phi) is 19.3. The van der Waals surface area contributed by atoms with Crippen LogP contribution in [0.1, 0.15) is 90.4 Å². The van der Waals surface area contributed by atoms with Crippen molar-refractivity contribution < 1.29 is 5.11 Å². The highest BCUT2D eigenvalue weighted by Crippen LogP contribution is 2.16. The minimum absolute atomic E-state index is 0. The molecule has 5 heteroatoms. The third-order valence-electron chi connectivity index (χ3n) is 4.84. The van der Waals surface area contributed by atoms with Gasteiger partial charge in [0.05, 0.1) is 6.10 Å². The lowest BCUT2D eigenvalue weighted by atomic mass is 10.0. The number of hydrogen-bond donors (Lipinski definition) is 3. The van der Waals surface area contributed by atoms with E-state index in [9.17, 15) is 5.11 Å². The molecule has 0 aliphatic carbocycles. The van der Waals surface area contributed by atoms with Crippen LogP contribution in [-0.2, 0) is 0 Å². The Morgan fingerprint density at radius 1 is 0.826 bits per heavy atom. The van der Waals surface area contributed by atoms with Crippen molar-refractivity contribution in [1.82, 2.24) is 5.32 Å². The lowest BCUT2D eigenvalue weighted by molar-refractivity contribution is 0.139. The molecule has 142 valence electrons. The highest BCUT2D eigenvalue weighted by Gasteiger charge is 2.30. The minimum Gasteiger partial charge on any atom is -0.390 e. The first-order valence-corrected chi connectivity index (χ1v) is 9.42. The first-order valence-electron chi connectivity index (χ1n) is 9.42. The molecule has 0 aromatic rings. The molecule has 0 spiro atoms. The summed E-state index contributed by atoms with van der Waals surface area (Å²) in [5, 5.41) is 13.2. The molecule has 0 saturated carbocycles. The van der Waals surface area contributed by atoms with Gasteiger partial charge in [-0.05, 0) is 6.42 Å². The SMILES string of the molecule is CCCCCCCCCCCCCC[C@H]1NC[C@H](N)[C@@H]1O.Cl.Cl. The maximum absolute atomic E-state index is 9.85. The molecule has 0 bridgehead atoms. The number of aliphatic hydroxyl groups excluding tert-OH is 1. The molecule has 1 heterocycles. The number of unbranched alkanes of at least 4 members (excludes halogenated alkanes) is 11. The summed E-state index contributed by atoms with van der Waals surface area (Å²) in [4.78, 5) is 0. The quantitative estimate of drug-likeness (QED) is 0.415. The van der Waals surface area contributed by atoms with Crippen molar-refractivity contribution in [3.63, 3.8) is 0 Å². The zero-order valence-corrected chi connectivity index (χ0v) is 16.6. The lowest BCUT2D eigenvalue weighted by Crippen LogP contribution is -2.37. The Balaban J connectivity index is 0. The predicted molar refractivity (Wildman–Crippen MR) is 106 cm³/mol. The summed E-state index contributed by atoms with van der Waals surface area (Å²) in [7, 11) is 0. The van der Waals surface area contributed by atoms with Crippen LogP contribution >= 0.6 is 24.8 Å². The van der Waals surface area contributed by atoms with Gasteiger partial charge in [0.25, 0.3) is 0 Å². The van der Waals surface area contributed by atoms with Gasteiger partial charge < -0.3 is 16.2 Å². The van der Waals surface area contributed by atoms with E-state index in [4.69, 9.17) is 5.73 Å². The van der Waals surface area contributed by atoms with Crippen LogP contribution in [0.2, 0.25) is 0 Å². The van der Waals surface area contributed by atoms with Gasteiger partial charge in [-0.1, -0.05) is 84.0 Å². The zero-order chi connectivity index (χ0) is 15.3. The fourth-order valence-corrected chi connectivity index (χ4v) is 3.31. The Bertz CT molecular complexity index is 245. The fraction of sp³-hybridized carbons (Fsp3) is 1.00. The van der Waals surface area contributed by atoms with Crippen molar-refractivity contribution in [3.05, 3.63) is 0 Å². The van der Waals surface area contributed by atoms with E-state index in [-0.39, 0.29) is 43.0 Å². The van der Waals surface area contributed by atoms with Crippen molar-refractivity contribution >= 4 is 24.8 Å². The normalized spacial score (nSPS) is 23.3. The van der Waals surface area contributed by atoms with Crippen LogP contribution in [0.25, 0.3) is 0 Å². The molecule has 1 rings (SSSR count). The number of nitrogens with one attached hydrogen (secondary N) is 1. The standard InChI is InChI=1S/C18H38N2O.2ClH/c1-2-3-4-5-6-7-8-9-10-11-12-13-14-17-18(21)16(19)15-20-17;;/h16-18,20-21H,2-15,19H2,1H3;2*1H/t16-,17+,18-;;/m0../s1. The van der Waals surface area contributed by atoms with Crippen molar-refractivity contribution in [3.8, 4) is 0 Å².